The molecule has 0 aliphatic carbocycles. The van der Waals surface area contributed by atoms with Gasteiger partial charge in [-0.15, -0.1) is 10.2 Å². The van der Waals surface area contributed by atoms with Gasteiger partial charge in [-0.2, -0.15) is 0 Å². The van der Waals surface area contributed by atoms with Gasteiger partial charge in [0.05, 0.1) is 6.61 Å². The van der Waals surface area contributed by atoms with Gasteiger partial charge in [0.25, 0.3) is 5.91 Å². The topological polar surface area (TPSA) is 64.1 Å². The monoisotopic (exact) mass is 413 g/mol. The largest absolute Gasteiger partial charge is 0.493 e. The SMILES string of the molecule is Cc1ccc(CSc2nnc(NC(=O)c3ccc(OCC(C)C)cc3)s2)cc1. The Hall–Kier alpha value is -2.38. The summed E-state index contributed by atoms with van der Waals surface area (Å²) in [5, 5.41) is 11.5. The van der Waals surface area contributed by atoms with Crippen molar-refractivity contribution >= 4 is 34.1 Å². The quantitative estimate of drug-likeness (QED) is 0.394. The number of amides is 1. The Morgan fingerprint density at radius 3 is 2.50 bits per heavy atom. The van der Waals surface area contributed by atoms with E-state index in [9.17, 15) is 4.79 Å². The lowest BCUT2D eigenvalue weighted by Gasteiger charge is -2.09. The Kier molecular flexibility index (Phi) is 7.06. The van der Waals surface area contributed by atoms with E-state index in [1.165, 1.54) is 22.5 Å². The van der Waals surface area contributed by atoms with Crippen LogP contribution in [0.25, 0.3) is 0 Å². The van der Waals surface area contributed by atoms with Crippen LogP contribution >= 0.6 is 23.1 Å². The summed E-state index contributed by atoms with van der Waals surface area (Å²) in [4.78, 5) is 12.4. The van der Waals surface area contributed by atoms with E-state index >= 15 is 0 Å². The van der Waals surface area contributed by atoms with E-state index in [1.807, 2.05) is 0 Å². The minimum atomic E-state index is -0.207. The van der Waals surface area contributed by atoms with E-state index < -0.39 is 0 Å². The summed E-state index contributed by atoms with van der Waals surface area (Å²) in [6.45, 7) is 6.91. The molecule has 3 rings (SSSR count). The van der Waals surface area contributed by atoms with Gasteiger partial charge in [0.2, 0.25) is 5.13 Å². The van der Waals surface area contributed by atoms with Gasteiger partial charge in [-0.05, 0) is 42.7 Å². The van der Waals surface area contributed by atoms with E-state index in [-0.39, 0.29) is 5.91 Å². The van der Waals surface area contributed by atoms with Crippen molar-refractivity contribution in [1.29, 1.82) is 0 Å². The molecular formula is C21H23N3O2S2. The van der Waals surface area contributed by atoms with Crippen LogP contribution in [-0.4, -0.2) is 22.7 Å². The average molecular weight is 414 g/mol. The summed E-state index contributed by atoms with van der Waals surface area (Å²) >= 11 is 2.99. The van der Waals surface area contributed by atoms with Crippen molar-refractivity contribution in [2.75, 3.05) is 11.9 Å². The molecule has 7 heteroatoms. The Morgan fingerprint density at radius 2 is 1.82 bits per heavy atom. The molecule has 2 aromatic carbocycles. The Morgan fingerprint density at radius 1 is 1.11 bits per heavy atom. The Bertz CT molecular complexity index is 906. The van der Waals surface area contributed by atoms with Crippen molar-refractivity contribution in [1.82, 2.24) is 10.2 Å². The summed E-state index contributed by atoms with van der Waals surface area (Å²) in [7, 11) is 0. The molecule has 28 heavy (non-hydrogen) atoms. The normalized spacial score (nSPS) is 10.9. The van der Waals surface area contributed by atoms with Gasteiger partial charge >= 0.3 is 0 Å². The number of anilines is 1. The molecule has 0 fully saturated rings. The number of hydrogen-bond donors (Lipinski definition) is 1. The molecule has 0 saturated heterocycles. The van der Waals surface area contributed by atoms with Crippen LogP contribution in [0.15, 0.2) is 52.9 Å². The van der Waals surface area contributed by atoms with Gasteiger partial charge in [-0.25, -0.2) is 0 Å². The first-order valence-corrected chi connectivity index (χ1v) is 10.9. The van der Waals surface area contributed by atoms with Crippen LogP contribution in [0.4, 0.5) is 5.13 Å². The summed E-state index contributed by atoms with van der Waals surface area (Å²) < 4.78 is 6.47. The third-order valence-corrected chi connectivity index (χ3v) is 5.85. The molecule has 0 aliphatic rings. The zero-order chi connectivity index (χ0) is 19.9. The van der Waals surface area contributed by atoms with Crippen LogP contribution in [0.3, 0.4) is 0 Å². The third-order valence-electron chi connectivity index (χ3n) is 3.81. The summed E-state index contributed by atoms with van der Waals surface area (Å²) in [6, 6.07) is 15.5. The first-order valence-electron chi connectivity index (χ1n) is 9.05. The van der Waals surface area contributed by atoms with Gasteiger partial charge in [-0.3, -0.25) is 10.1 Å². The molecule has 1 heterocycles. The number of hydrogen-bond acceptors (Lipinski definition) is 6. The number of aromatic nitrogens is 2. The fraction of sp³-hybridized carbons (Fsp3) is 0.286. The third kappa shape index (κ3) is 6.07. The lowest BCUT2D eigenvalue weighted by Crippen LogP contribution is -2.11. The molecule has 1 amide bonds. The number of rotatable bonds is 8. The molecule has 0 radical (unpaired) electrons. The number of nitrogens with one attached hydrogen (secondary N) is 1. The Labute approximate surface area is 173 Å². The van der Waals surface area contributed by atoms with E-state index in [1.54, 1.807) is 36.0 Å². The second-order valence-corrected chi connectivity index (χ2v) is 9.03. The van der Waals surface area contributed by atoms with Gasteiger partial charge in [0, 0.05) is 11.3 Å². The number of benzene rings is 2. The zero-order valence-corrected chi connectivity index (χ0v) is 17.8. The molecule has 0 aliphatic heterocycles. The number of carbonyl (C=O) groups excluding carboxylic acids is 1. The molecule has 0 unspecified atom stereocenters. The molecule has 5 nitrogen and oxygen atoms in total. The molecule has 0 atom stereocenters. The van der Waals surface area contributed by atoms with E-state index in [2.05, 4.69) is 60.6 Å². The number of nitrogens with zero attached hydrogens (tertiary/aromatic N) is 2. The maximum absolute atomic E-state index is 12.4. The summed E-state index contributed by atoms with van der Waals surface area (Å²) in [5.74, 6) is 1.83. The van der Waals surface area contributed by atoms with Crippen LogP contribution in [0.5, 0.6) is 5.75 Å². The first kappa shape index (κ1) is 20.4. The van der Waals surface area contributed by atoms with E-state index in [4.69, 9.17) is 4.74 Å². The molecular weight excluding hydrogens is 390 g/mol. The maximum Gasteiger partial charge on any atom is 0.257 e. The highest BCUT2D eigenvalue weighted by atomic mass is 32.2. The lowest BCUT2D eigenvalue weighted by atomic mass is 10.2. The standard InChI is InChI=1S/C21H23N3O2S2/c1-14(2)12-26-18-10-8-17(9-11-18)19(25)22-20-23-24-21(28-20)27-13-16-6-4-15(3)5-7-16/h4-11,14H,12-13H2,1-3H3,(H,22,23,25). The summed E-state index contributed by atoms with van der Waals surface area (Å²) in [5.41, 5.74) is 3.03. The predicted molar refractivity (Wildman–Crippen MR) is 115 cm³/mol. The average Bonchev–Trinajstić information content (AvgIpc) is 3.13. The van der Waals surface area contributed by atoms with Gasteiger partial charge in [-0.1, -0.05) is 66.8 Å². The van der Waals surface area contributed by atoms with Crippen LogP contribution in [-0.2, 0) is 5.75 Å². The van der Waals surface area contributed by atoms with Crippen molar-refractivity contribution in [3.8, 4) is 5.75 Å². The predicted octanol–water partition coefficient (Wildman–Crippen LogP) is 5.43. The molecule has 1 aromatic heterocycles. The van der Waals surface area contributed by atoms with Crippen LogP contribution in [0, 0.1) is 12.8 Å². The van der Waals surface area contributed by atoms with Gasteiger partial charge in [0.15, 0.2) is 4.34 Å². The van der Waals surface area contributed by atoms with E-state index in [0.29, 0.717) is 23.2 Å². The fourth-order valence-electron chi connectivity index (χ4n) is 2.28. The van der Waals surface area contributed by atoms with Crippen LogP contribution < -0.4 is 10.1 Å². The number of aryl methyl sites for hydroxylation is 1. The number of carbonyl (C=O) groups is 1. The second kappa shape index (κ2) is 9.71. The molecule has 3 aromatic rings. The molecule has 0 saturated carbocycles. The highest BCUT2D eigenvalue weighted by Crippen LogP contribution is 2.28. The summed E-state index contributed by atoms with van der Waals surface area (Å²) in [6.07, 6.45) is 0. The van der Waals surface area contributed by atoms with Crippen LogP contribution in [0.2, 0.25) is 0 Å². The van der Waals surface area contributed by atoms with Gasteiger partial charge in [0.1, 0.15) is 5.75 Å². The molecule has 0 spiro atoms. The highest BCUT2D eigenvalue weighted by molar-refractivity contribution is 8.00. The number of thioether (sulfide) groups is 1. The second-order valence-electron chi connectivity index (χ2n) is 6.83. The van der Waals surface area contributed by atoms with Crippen molar-refractivity contribution in [2.45, 2.75) is 30.9 Å². The smallest absolute Gasteiger partial charge is 0.257 e. The number of ether oxygens (including phenoxy) is 1. The maximum atomic E-state index is 12.4. The Balaban J connectivity index is 1.52. The zero-order valence-electron chi connectivity index (χ0n) is 16.1. The molecule has 146 valence electrons. The highest BCUT2D eigenvalue weighted by Gasteiger charge is 2.11. The van der Waals surface area contributed by atoms with Crippen molar-refractivity contribution in [3.63, 3.8) is 0 Å². The van der Waals surface area contributed by atoms with Crippen LogP contribution in [0.1, 0.15) is 35.3 Å². The minimum absolute atomic E-state index is 0.207. The molecule has 0 bridgehead atoms. The molecule has 1 N–H and O–H groups in total. The van der Waals surface area contributed by atoms with Gasteiger partial charge < -0.3 is 4.74 Å². The fourth-order valence-corrected chi connectivity index (χ4v) is 3.99. The minimum Gasteiger partial charge on any atom is -0.493 e. The van der Waals surface area contributed by atoms with Crippen molar-refractivity contribution in [3.05, 3.63) is 65.2 Å². The van der Waals surface area contributed by atoms with Crippen molar-refractivity contribution < 1.29 is 9.53 Å². The van der Waals surface area contributed by atoms with E-state index in [0.717, 1.165) is 15.8 Å². The lowest BCUT2D eigenvalue weighted by molar-refractivity contribution is 0.102. The van der Waals surface area contributed by atoms with Crippen molar-refractivity contribution in [2.24, 2.45) is 5.92 Å². The first-order chi connectivity index (χ1) is 13.5.